The van der Waals surface area contributed by atoms with Crippen molar-refractivity contribution in [1.29, 1.82) is 0 Å². The van der Waals surface area contributed by atoms with Crippen molar-refractivity contribution in [2.75, 3.05) is 44.2 Å². The summed E-state index contributed by atoms with van der Waals surface area (Å²) < 4.78 is 5.01. The minimum absolute atomic E-state index is 0.253. The Bertz CT molecular complexity index is 502. The van der Waals surface area contributed by atoms with Gasteiger partial charge in [-0.15, -0.1) is 0 Å². The maximum atomic E-state index is 11.7. The van der Waals surface area contributed by atoms with Crippen LogP contribution in [-0.2, 0) is 4.74 Å². The lowest BCUT2D eigenvalue weighted by atomic mass is 10.1. The molecule has 0 bridgehead atoms. The van der Waals surface area contributed by atoms with Crippen molar-refractivity contribution in [3.05, 3.63) is 42.0 Å². The zero-order valence-corrected chi connectivity index (χ0v) is 13.7. The van der Waals surface area contributed by atoms with Crippen LogP contribution in [-0.4, -0.2) is 50.2 Å². The first-order chi connectivity index (χ1) is 10.6. The van der Waals surface area contributed by atoms with Crippen LogP contribution in [0.25, 0.3) is 0 Å². The Kier molecular flexibility index (Phi) is 6.01. The first kappa shape index (κ1) is 16.6. The molecule has 0 N–H and O–H groups in total. The van der Waals surface area contributed by atoms with E-state index >= 15 is 0 Å². The number of nitrogens with zero attached hydrogens (tertiary/aromatic N) is 2. The van der Waals surface area contributed by atoms with Crippen LogP contribution in [0.2, 0.25) is 0 Å². The maximum Gasteiger partial charge on any atom is 0.338 e. The first-order valence-electron chi connectivity index (χ1n) is 8.05. The fraction of sp³-hybridized carbons (Fsp3) is 0.500. The molecule has 0 spiro atoms. The van der Waals surface area contributed by atoms with Crippen LogP contribution >= 0.6 is 0 Å². The molecule has 0 unspecified atom stereocenters. The SMILES string of the molecule is C=C(CC)CN1CCN(c2ccc(C(=O)OCC)cc2)CC1. The van der Waals surface area contributed by atoms with Crippen LogP contribution in [0.5, 0.6) is 0 Å². The zero-order valence-electron chi connectivity index (χ0n) is 13.7. The Morgan fingerprint density at radius 3 is 2.32 bits per heavy atom. The van der Waals surface area contributed by atoms with E-state index in [0.29, 0.717) is 12.2 Å². The summed E-state index contributed by atoms with van der Waals surface area (Å²) in [5.74, 6) is -0.253. The molecule has 0 aliphatic carbocycles. The van der Waals surface area contributed by atoms with Gasteiger partial charge < -0.3 is 9.64 Å². The first-order valence-corrected chi connectivity index (χ1v) is 8.05. The molecular formula is C18H26N2O2. The van der Waals surface area contributed by atoms with Crippen LogP contribution in [0.1, 0.15) is 30.6 Å². The number of carbonyl (C=O) groups is 1. The molecule has 4 heteroatoms. The second kappa shape index (κ2) is 7.99. The molecule has 0 aromatic heterocycles. The summed E-state index contributed by atoms with van der Waals surface area (Å²) >= 11 is 0. The summed E-state index contributed by atoms with van der Waals surface area (Å²) in [4.78, 5) is 16.5. The van der Waals surface area contributed by atoms with E-state index in [1.54, 1.807) is 0 Å². The van der Waals surface area contributed by atoms with E-state index in [1.807, 2.05) is 31.2 Å². The smallest absolute Gasteiger partial charge is 0.338 e. The fourth-order valence-electron chi connectivity index (χ4n) is 2.61. The Morgan fingerprint density at radius 1 is 1.14 bits per heavy atom. The maximum absolute atomic E-state index is 11.7. The standard InChI is InChI=1S/C18H26N2O2/c1-4-15(3)14-19-10-12-20(13-11-19)17-8-6-16(7-9-17)18(21)22-5-2/h6-9H,3-5,10-14H2,1-2H3. The predicted molar refractivity (Wildman–Crippen MR) is 90.5 cm³/mol. The van der Waals surface area contributed by atoms with Crippen LogP contribution in [0.4, 0.5) is 5.69 Å². The number of carbonyl (C=O) groups excluding carboxylic acids is 1. The van der Waals surface area contributed by atoms with Gasteiger partial charge in [0, 0.05) is 38.4 Å². The highest BCUT2D eigenvalue weighted by Gasteiger charge is 2.17. The minimum atomic E-state index is -0.253. The molecule has 1 aromatic rings. The van der Waals surface area contributed by atoms with Crippen molar-refractivity contribution in [2.45, 2.75) is 20.3 Å². The van der Waals surface area contributed by atoms with E-state index in [-0.39, 0.29) is 5.97 Å². The van der Waals surface area contributed by atoms with E-state index in [1.165, 1.54) is 11.3 Å². The monoisotopic (exact) mass is 302 g/mol. The average molecular weight is 302 g/mol. The van der Waals surface area contributed by atoms with Crippen molar-refractivity contribution in [1.82, 2.24) is 4.90 Å². The van der Waals surface area contributed by atoms with E-state index < -0.39 is 0 Å². The molecule has 0 atom stereocenters. The molecule has 1 fully saturated rings. The van der Waals surface area contributed by atoms with Crippen LogP contribution in [0, 0.1) is 0 Å². The van der Waals surface area contributed by atoms with Crippen LogP contribution in [0.3, 0.4) is 0 Å². The second-order valence-corrected chi connectivity index (χ2v) is 5.63. The van der Waals surface area contributed by atoms with Gasteiger partial charge in [-0.2, -0.15) is 0 Å². The van der Waals surface area contributed by atoms with Crippen molar-refractivity contribution >= 4 is 11.7 Å². The van der Waals surface area contributed by atoms with Gasteiger partial charge in [0.2, 0.25) is 0 Å². The Morgan fingerprint density at radius 2 is 1.77 bits per heavy atom. The third kappa shape index (κ3) is 4.34. The van der Waals surface area contributed by atoms with Gasteiger partial charge in [-0.05, 0) is 37.6 Å². The van der Waals surface area contributed by atoms with Gasteiger partial charge in [0.05, 0.1) is 12.2 Å². The van der Waals surface area contributed by atoms with Crippen molar-refractivity contribution in [3.8, 4) is 0 Å². The highest BCUT2D eigenvalue weighted by molar-refractivity contribution is 5.89. The van der Waals surface area contributed by atoms with E-state index in [9.17, 15) is 4.79 Å². The van der Waals surface area contributed by atoms with Gasteiger partial charge >= 0.3 is 5.97 Å². The molecular weight excluding hydrogens is 276 g/mol. The van der Waals surface area contributed by atoms with Gasteiger partial charge in [-0.3, -0.25) is 4.90 Å². The number of anilines is 1. The quantitative estimate of drug-likeness (QED) is 0.597. The summed E-state index contributed by atoms with van der Waals surface area (Å²) in [5.41, 5.74) is 3.08. The molecule has 1 aliphatic heterocycles. The van der Waals surface area contributed by atoms with E-state index in [0.717, 1.165) is 39.1 Å². The molecule has 0 amide bonds. The molecule has 0 radical (unpaired) electrons. The lowest BCUT2D eigenvalue weighted by Crippen LogP contribution is -2.46. The van der Waals surface area contributed by atoms with Crippen molar-refractivity contribution < 1.29 is 9.53 Å². The fourth-order valence-corrected chi connectivity index (χ4v) is 2.61. The van der Waals surface area contributed by atoms with Gasteiger partial charge in [0.1, 0.15) is 0 Å². The minimum Gasteiger partial charge on any atom is -0.462 e. The van der Waals surface area contributed by atoms with Gasteiger partial charge in [0.15, 0.2) is 0 Å². The molecule has 2 rings (SSSR count). The number of ether oxygens (including phenoxy) is 1. The molecule has 1 aliphatic rings. The molecule has 0 saturated carbocycles. The van der Waals surface area contributed by atoms with Gasteiger partial charge in [0.25, 0.3) is 0 Å². The molecule has 22 heavy (non-hydrogen) atoms. The van der Waals surface area contributed by atoms with Crippen LogP contribution < -0.4 is 4.90 Å². The predicted octanol–water partition coefficient (Wildman–Crippen LogP) is 2.95. The third-order valence-corrected chi connectivity index (χ3v) is 4.06. The Labute approximate surface area is 133 Å². The summed E-state index contributed by atoms with van der Waals surface area (Å²) in [7, 11) is 0. The summed E-state index contributed by atoms with van der Waals surface area (Å²) in [5, 5.41) is 0. The number of benzene rings is 1. The normalized spacial score (nSPS) is 15.6. The molecule has 4 nitrogen and oxygen atoms in total. The number of rotatable bonds is 6. The number of piperazine rings is 1. The summed E-state index contributed by atoms with van der Waals surface area (Å²) in [6, 6.07) is 7.71. The molecule has 1 heterocycles. The summed E-state index contributed by atoms with van der Waals surface area (Å²) in [6.45, 7) is 13.6. The largest absolute Gasteiger partial charge is 0.462 e. The highest BCUT2D eigenvalue weighted by atomic mass is 16.5. The Hall–Kier alpha value is -1.81. The number of esters is 1. The topological polar surface area (TPSA) is 32.8 Å². The average Bonchev–Trinajstić information content (AvgIpc) is 2.56. The molecule has 120 valence electrons. The second-order valence-electron chi connectivity index (χ2n) is 5.63. The van der Waals surface area contributed by atoms with Crippen molar-refractivity contribution in [3.63, 3.8) is 0 Å². The van der Waals surface area contributed by atoms with Crippen LogP contribution in [0.15, 0.2) is 36.4 Å². The van der Waals surface area contributed by atoms with E-state index in [2.05, 4.69) is 23.3 Å². The molecule has 1 aromatic carbocycles. The van der Waals surface area contributed by atoms with Crippen molar-refractivity contribution in [2.24, 2.45) is 0 Å². The lowest BCUT2D eigenvalue weighted by molar-refractivity contribution is 0.0526. The number of hydrogen-bond acceptors (Lipinski definition) is 4. The highest BCUT2D eigenvalue weighted by Crippen LogP contribution is 2.18. The molecule has 1 saturated heterocycles. The van der Waals surface area contributed by atoms with Gasteiger partial charge in [-0.1, -0.05) is 19.1 Å². The lowest BCUT2D eigenvalue weighted by Gasteiger charge is -2.36. The van der Waals surface area contributed by atoms with Gasteiger partial charge in [-0.25, -0.2) is 4.79 Å². The zero-order chi connectivity index (χ0) is 15.9. The van der Waals surface area contributed by atoms with E-state index in [4.69, 9.17) is 4.74 Å². The third-order valence-electron chi connectivity index (χ3n) is 4.06. The Balaban J connectivity index is 1.89. The number of hydrogen-bond donors (Lipinski definition) is 0. The summed E-state index contributed by atoms with van der Waals surface area (Å²) in [6.07, 6.45) is 1.05.